The Morgan fingerprint density at radius 2 is 1.95 bits per heavy atom. The van der Waals surface area contributed by atoms with E-state index in [0.717, 1.165) is 18.1 Å². The number of phenolic OH excluding ortho intramolecular Hbond substituents is 1. The fraction of sp³-hybridized carbons (Fsp3) is 0.471. The Morgan fingerprint density at radius 1 is 1.27 bits per heavy atom. The van der Waals surface area contributed by atoms with Crippen LogP contribution in [0.15, 0.2) is 24.3 Å². The van der Waals surface area contributed by atoms with Gasteiger partial charge in [-0.2, -0.15) is 0 Å². The molecule has 0 heterocycles. The lowest BCUT2D eigenvalue weighted by molar-refractivity contribution is -0.145. The largest absolute Gasteiger partial charge is 0.508 e. The molecular weight excluding hydrogens is 284 g/mol. The van der Waals surface area contributed by atoms with E-state index < -0.39 is 5.97 Å². The van der Waals surface area contributed by atoms with Crippen LogP contribution in [0.4, 0.5) is 0 Å². The summed E-state index contributed by atoms with van der Waals surface area (Å²) < 4.78 is 5.16. The van der Waals surface area contributed by atoms with Crippen LogP contribution in [0.1, 0.15) is 31.7 Å². The van der Waals surface area contributed by atoms with Crippen molar-refractivity contribution in [1.29, 1.82) is 0 Å². The quantitative estimate of drug-likeness (QED) is 0.530. The molecule has 5 nitrogen and oxygen atoms in total. The average molecular weight is 306 g/mol. The summed E-state index contributed by atoms with van der Waals surface area (Å²) in [5.74, 6) is -0.793. The van der Waals surface area contributed by atoms with Crippen molar-refractivity contribution in [1.82, 2.24) is 0 Å². The fourth-order valence-corrected chi connectivity index (χ4v) is 2.29. The van der Waals surface area contributed by atoms with E-state index in [4.69, 9.17) is 4.74 Å². The summed E-state index contributed by atoms with van der Waals surface area (Å²) in [6, 6.07) is 6.68. The van der Waals surface area contributed by atoms with Crippen LogP contribution in [0.5, 0.6) is 5.75 Å². The number of rotatable bonds is 10. The lowest BCUT2D eigenvalue weighted by atomic mass is 9.86. The summed E-state index contributed by atoms with van der Waals surface area (Å²) >= 11 is 0. The maximum absolute atomic E-state index is 11.8. The minimum absolute atomic E-state index is 0.0750. The van der Waals surface area contributed by atoms with Gasteiger partial charge in [0.15, 0.2) is 0 Å². The highest BCUT2D eigenvalue weighted by Gasteiger charge is 2.22. The molecule has 2 atom stereocenters. The van der Waals surface area contributed by atoms with Gasteiger partial charge in [-0.25, -0.2) is 0 Å². The van der Waals surface area contributed by atoms with Crippen molar-refractivity contribution >= 4 is 18.5 Å². The second kappa shape index (κ2) is 9.71. The molecule has 5 heteroatoms. The van der Waals surface area contributed by atoms with Gasteiger partial charge in [-0.3, -0.25) is 4.79 Å². The first-order valence-electron chi connectivity index (χ1n) is 7.43. The van der Waals surface area contributed by atoms with Crippen LogP contribution in [-0.4, -0.2) is 30.3 Å². The van der Waals surface area contributed by atoms with Crippen LogP contribution in [-0.2, 0) is 25.5 Å². The minimum Gasteiger partial charge on any atom is -0.508 e. The van der Waals surface area contributed by atoms with E-state index >= 15 is 0 Å². The van der Waals surface area contributed by atoms with Gasteiger partial charge in [0.1, 0.15) is 18.3 Å². The molecular formula is C17H22O5. The number of aromatic hydroxyl groups is 1. The molecule has 0 radical (unpaired) electrons. The number of aldehydes is 2. The smallest absolute Gasteiger partial charge is 0.306 e. The number of carbonyl (C=O) groups is 3. The monoisotopic (exact) mass is 306 g/mol. The van der Waals surface area contributed by atoms with Crippen LogP contribution < -0.4 is 0 Å². The molecule has 0 aromatic heterocycles. The number of hydrogen-bond donors (Lipinski definition) is 1. The molecule has 1 rings (SSSR count). The first-order chi connectivity index (χ1) is 10.6. The molecule has 0 amide bonds. The Morgan fingerprint density at radius 3 is 2.50 bits per heavy atom. The first kappa shape index (κ1) is 17.9. The third-order valence-corrected chi connectivity index (χ3v) is 3.67. The molecule has 0 aliphatic carbocycles. The summed E-state index contributed by atoms with van der Waals surface area (Å²) in [7, 11) is 0. The van der Waals surface area contributed by atoms with E-state index in [1.165, 1.54) is 0 Å². The molecule has 1 aromatic carbocycles. The number of phenols is 1. The molecule has 1 aromatic rings. The molecule has 0 aliphatic rings. The van der Waals surface area contributed by atoms with Gasteiger partial charge in [-0.1, -0.05) is 19.1 Å². The second-order valence-electron chi connectivity index (χ2n) is 5.21. The van der Waals surface area contributed by atoms with Gasteiger partial charge in [0.05, 0.1) is 6.61 Å². The molecule has 0 spiro atoms. The van der Waals surface area contributed by atoms with E-state index in [1.54, 1.807) is 24.3 Å². The number of benzene rings is 1. The molecule has 120 valence electrons. The molecule has 0 saturated carbocycles. The van der Waals surface area contributed by atoms with Gasteiger partial charge in [0.25, 0.3) is 0 Å². The highest BCUT2D eigenvalue weighted by molar-refractivity contribution is 5.71. The van der Waals surface area contributed by atoms with Crippen molar-refractivity contribution < 1.29 is 24.2 Å². The Balaban J connectivity index is 2.41. The molecule has 0 unspecified atom stereocenters. The van der Waals surface area contributed by atoms with E-state index in [1.807, 2.05) is 6.92 Å². The summed E-state index contributed by atoms with van der Waals surface area (Å²) in [5.41, 5.74) is 0.953. The first-order valence-corrected chi connectivity index (χ1v) is 7.43. The van der Waals surface area contributed by atoms with Crippen molar-refractivity contribution in [2.45, 2.75) is 32.6 Å². The van der Waals surface area contributed by atoms with Crippen molar-refractivity contribution in [3.63, 3.8) is 0 Å². The Bertz CT molecular complexity index is 480. The van der Waals surface area contributed by atoms with Crippen LogP contribution >= 0.6 is 0 Å². The molecule has 0 saturated heterocycles. The predicted molar refractivity (Wildman–Crippen MR) is 81.4 cm³/mol. The van der Waals surface area contributed by atoms with Gasteiger partial charge in [-0.15, -0.1) is 0 Å². The van der Waals surface area contributed by atoms with Crippen molar-refractivity contribution in [3.05, 3.63) is 29.8 Å². The zero-order valence-electron chi connectivity index (χ0n) is 12.7. The summed E-state index contributed by atoms with van der Waals surface area (Å²) in [5, 5.41) is 9.18. The normalized spacial score (nSPS) is 13.1. The minimum atomic E-state index is -0.397. The fourth-order valence-electron chi connectivity index (χ4n) is 2.29. The summed E-state index contributed by atoms with van der Waals surface area (Å²) in [6.07, 6.45) is 2.95. The molecule has 1 N–H and O–H groups in total. The Labute approximate surface area is 130 Å². The standard InChI is InChI=1S/C17H22O5/c1-2-14(12-19)15(7-9-18)11-17(21)22-10-8-13-3-5-16(20)6-4-13/h3-6,9,12,14-15,20H,2,7-8,10-11H2,1H3/t14-,15-/m0/s1. The van der Waals surface area contributed by atoms with Crippen molar-refractivity contribution in [3.8, 4) is 5.75 Å². The van der Waals surface area contributed by atoms with Crippen LogP contribution in [0.2, 0.25) is 0 Å². The second-order valence-corrected chi connectivity index (χ2v) is 5.21. The van der Waals surface area contributed by atoms with Gasteiger partial charge in [-0.05, 0) is 30.0 Å². The van der Waals surface area contributed by atoms with Gasteiger partial charge in [0.2, 0.25) is 0 Å². The van der Waals surface area contributed by atoms with Gasteiger partial charge >= 0.3 is 5.97 Å². The third-order valence-electron chi connectivity index (χ3n) is 3.67. The molecule has 0 bridgehead atoms. The van der Waals surface area contributed by atoms with E-state index in [9.17, 15) is 19.5 Å². The highest BCUT2D eigenvalue weighted by atomic mass is 16.5. The van der Waals surface area contributed by atoms with Crippen LogP contribution in [0, 0.1) is 11.8 Å². The Kier molecular flexibility index (Phi) is 7.89. The molecule has 22 heavy (non-hydrogen) atoms. The van der Waals surface area contributed by atoms with E-state index in [-0.39, 0.29) is 37.0 Å². The number of esters is 1. The lowest BCUT2D eigenvalue weighted by Gasteiger charge is -2.18. The predicted octanol–water partition coefficient (Wildman–Crippen LogP) is 2.30. The molecule has 0 fully saturated rings. The number of ether oxygens (including phenoxy) is 1. The van der Waals surface area contributed by atoms with Crippen molar-refractivity contribution in [2.75, 3.05) is 6.61 Å². The lowest BCUT2D eigenvalue weighted by Crippen LogP contribution is -2.21. The SMILES string of the molecule is CC[C@@H](C=O)[C@@H](CC=O)CC(=O)OCCc1ccc(O)cc1. The highest BCUT2D eigenvalue weighted by Crippen LogP contribution is 2.21. The maximum Gasteiger partial charge on any atom is 0.306 e. The van der Waals surface area contributed by atoms with E-state index in [0.29, 0.717) is 12.8 Å². The zero-order chi connectivity index (χ0) is 16.4. The Hall–Kier alpha value is -2.17. The third kappa shape index (κ3) is 6.08. The van der Waals surface area contributed by atoms with Crippen molar-refractivity contribution in [2.24, 2.45) is 11.8 Å². The van der Waals surface area contributed by atoms with Crippen LogP contribution in [0.3, 0.4) is 0 Å². The maximum atomic E-state index is 11.8. The average Bonchev–Trinajstić information content (AvgIpc) is 2.50. The topological polar surface area (TPSA) is 80.7 Å². The van der Waals surface area contributed by atoms with Gasteiger partial charge in [0, 0.05) is 25.2 Å². The van der Waals surface area contributed by atoms with Gasteiger partial charge < -0.3 is 19.4 Å². The summed E-state index contributed by atoms with van der Waals surface area (Å²) in [6.45, 7) is 2.09. The summed E-state index contributed by atoms with van der Waals surface area (Å²) in [4.78, 5) is 33.5. The van der Waals surface area contributed by atoms with Crippen LogP contribution in [0.25, 0.3) is 0 Å². The van der Waals surface area contributed by atoms with E-state index in [2.05, 4.69) is 0 Å². The number of hydrogen-bond acceptors (Lipinski definition) is 5. The molecule has 0 aliphatic heterocycles. The number of carbonyl (C=O) groups excluding carboxylic acids is 3. The zero-order valence-corrected chi connectivity index (χ0v) is 12.7.